The summed E-state index contributed by atoms with van der Waals surface area (Å²) in [4.78, 5) is 2.75. The Morgan fingerprint density at radius 3 is 2.33 bits per heavy atom. The molecule has 2 aromatic rings. The first-order chi connectivity index (χ1) is 9.83. The lowest BCUT2D eigenvalue weighted by molar-refractivity contribution is -0.0328. The van der Waals surface area contributed by atoms with E-state index in [1.54, 1.807) is 23.5 Å². The van der Waals surface area contributed by atoms with E-state index in [0.717, 1.165) is 5.56 Å². The van der Waals surface area contributed by atoms with Crippen molar-refractivity contribution in [1.29, 1.82) is 0 Å². The van der Waals surface area contributed by atoms with Crippen molar-refractivity contribution in [2.24, 2.45) is 0 Å². The summed E-state index contributed by atoms with van der Waals surface area (Å²) in [5, 5.41) is 3.38. The van der Waals surface area contributed by atoms with Crippen LogP contribution >= 0.6 is 23.1 Å². The number of hydrogen-bond donors (Lipinski definition) is 1. The van der Waals surface area contributed by atoms with Gasteiger partial charge >= 0.3 is 5.51 Å². The van der Waals surface area contributed by atoms with Gasteiger partial charge in [-0.05, 0) is 55.4 Å². The standard InChI is InChI=1S/C15H16F3NS2/c1-10-3-8-14(20-10)11(2)19-9-12-4-6-13(7-5-12)21-15(16,17)18/h3-8,11,19H,9H2,1-2H3. The van der Waals surface area contributed by atoms with Crippen LogP contribution in [0.15, 0.2) is 41.3 Å². The molecule has 0 aliphatic heterocycles. The molecule has 0 aliphatic carbocycles. The molecular weight excluding hydrogens is 315 g/mol. The molecule has 1 nitrogen and oxygen atoms in total. The molecule has 21 heavy (non-hydrogen) atoms. The topological polar surface area (TPSA) is 12.0 Å². The molecule has 0 aliphatic rings. The first kappa shape index (κ1) is 16.4. The first-order valence-electron chi connectivity index (χ1n) is 6.48. The summed E-state index contributed by atoms with van der Waals surface area (Å²) in [7, 11) is 0. The van der Waals surface area contributed by atoms with Gasteiger partial charge in [0.05, 0.1) is 0 Å². The lowest BCUT2D eigenvalue weighted by Crippen LogP contribution is -2.17. The molecule has 1 heterocycles. The molecule has 1 unspecified atom stereocenters. The highest BCUT2D eigenvalue weighted by atomic mass is 32.2. The van der Waals surface area contributed by atoms with Gasteiger partial charge in [-0.25, -0.2) is 0 Å². The van der Waals surface area contributed by atoms with E-state index in [1.807, 2.05) is 0 Å². The quantitative estimate of drug-likeness (QED) is 0.724. The number of alkyl halides is 3. The van der Waals surface area contributed by atoms with Gasteiger partial charge in [-0.2, -0.15) is 13.2 Å². The van der Waals surface area contributed by atoms with E-state index in [4.69, 9.17) is 0 Å². The Kier molecular flexibility index (Phi) is 5.35. The molecule has 114 valence electrons. The van der Waals surface area contributed by atoms with Gasteiger partial charge in [-0.3, -0.25) is 0 Å². The zero-order chi connectivity index (χ0) is 15.5. The number of halogens is 3. The average Bonchev–Trinajstić information content (AvgIpc) is 2.82. The fourth-order valence-corrected chi connectivity index (χ4v) is 3.31. The zero-order valence-corrected chi connectivity index (χ0v) is 13.3. The van der Waals surface area contributed by atoms with Crippen molar-refractivity contribution in [1.82, 2.24) is 5.32 Å². The monoisotopic (exact) mass is 331 g/mol. The molecular formula is C15H16F3NS2. The Morgan fingerprint density at radius 2 is 1.81 bits per heavy atom. The minimum atomic E-state index is -4.23. The van der Waals surface area contributed by atoms with E-state index in [9.17, 15) is 13.2 Å². The number of nitrogens with one attached hydrogen (secondary N) is 1. The normalized spacial score (nSPS) is 13.4. The third-order valence-electron chi connectivity index (χ3n) is 2.96. The van der Waals surface area contributed by atoms with Crippen LogP contribution in [0.3, 0.4) is 0 Å². The van der Waals surface area contributed by atoms with Crippen LogP contribution < -0.4 is 5.32 Å². The summed E-state index contributed by atoms with van der Waals surface area (Å²) < 4.78 is 36.7. The number of rotatable bonds is 5. The number of aryl methyl sites for hydroxylation is 1. The van der Waals surface area contributed by atoms with Crippen LogP contribution in [-0.4, -0.2) is 5.51 Å². The summed E-state index contributed by atoms with van der Waals surface area (Å²) in [5.74, 6) is 0. The van der Waals surface area contributed by atoms with E-state index < -0.39 is 5.51 Å². The molecule has 1 N–H and O–H groups in total. The lowest BCUT2D eigenvalue weighted by Gasteiger charge is -2.12. The fraction of sp³-hybridized carbons (Fsp3) is 0.333. The first-order valence-corrected chi connectivity index (χ1v) is 8.11. The van der Waals surface area contributed by atoms with Gasteiger partial charge in [0.2, 0.25) is 0 Å². The highest BCUT2D eigenvalue weighted by Gasteiger charge is 2.28. The number of thioether (sulfide) groups is 1. The molecule has 0 bridgehead atoms. The smallest absolute Gasteiger partial charge is 0.305 e. The Labute approximate surface area is 130 Å². The Balaban J connectivity index is 1.89. The Bertz CT molecular complexity index is 575. The zero-order valence-electron chi connectivity index (χ0n) is 11.7. The molecule has 1 aromatic heterocycles. The summed E-state index contributed by atoms with van der Waals surface area (Å²) >= 11 is 1.66. The predicted molar refractivity (Wildman–Crippen MR) is 82.7 cm³/mol. The van der Waals surface area contributed by atoms with Crippen molar-refractivity contribution in [3.8, 4) is 0 Å². The largest absolute Gasteiger partial charge is 0.446 e. The van der Waals surface area contributed by atoms with Crippen LogP contribution in [0.4, 0.5) is 13.2 Å². The van der Waals surface area contributed by atoms with Crippen molar-refractivity contribution in [3.63, 3.8) is 0 Å². The second kappa shape index (κ2) is 6.85. The summed E-state index contributed by atoms with van der Waals surface area (Å²) in [6.45, 7) is 4.78. The highest BCUT2D eigenvalue weighted by molar-refractivity contribution is 8.00. The summed E-state index contributed by atoms with van der Waals surface area (Å²) in [6.07, 6.45) is 0. The van der Waals surface area contributed by atoms with Crippen molar-refractivity contribution >= 4 is 23.1 Å². The Morgan fingerprint density at radius 1 is 1.14 bits per heavy atom. The van der Waals surface area contributed by atoms with Crippen LogP contribution in [0.1, 0.15) is 28.3 Å². The molecule has 0 amide bonds. The van der Waals surface area contributed by atoms with Gasteiger partial charge in [-0.1, -0.05) is 12.1 Å². The van der Waals surface area contributed by atoms with Crippen molar-refractivity contribution in [2.75, 3.05) is 0 Å². The summed E-state index contributed by atoms with van der Waals surface area (Å²) in [6, 6.07) is 10.9. The molecule has 0 radical (unpaired) electrons. The van der Waals surface area contributed by atoms with Crippen molar-refractivity contribution < 1.29 is 13.2 Å². The SMILES string of the molecule is Cc1ccc(C(C)NCc2ccc(SC(F)(F)F)cc2)s1. The van der Waals surface area contributed by atoms with Gasteiger partial charge in [0.15, 0.2) is 0 Å². The van der Waals surface area contributed by atoms with Crippen LogP contribution in [-0.2, 0) is 6.54 Å². The maximum absolute atomic E-state index is 12.2. The van der Waals surface area contributed by atoms with E-state index in [2.05, 4.69) is 31.3 Å². The predicted octanol–water partition coefficient (Wildman–Crippen LogP) is 5.52. The third kappa shape index (κ3) is 5.37. The highest BCUT2D eigenvalue weighted by Crippen LogP contribution is 2.36. The van der Waals surface area contributed by atoms with E-state index in [1.165, 1.54) is 21.9 Å². The lowest BCUT2D eigenvalue weighted by atomic mass is 10.2. The molecule has 1 aromatic carbocycles. The van der Waals surface area contributed by atoms with Gasteiger partial charge in [0.1, 0.15) is 0 Å². The van der Waals surface area contributed by atoms with Crippen LogP contribution in [0.25, 0.3) is 0 Å². The molecule has 1 atom stereocenters. The van der Waals surface area contributed by atoms with E-state index in [0.29, 0.717) is 6.54 Å². The second-order valence-electron chi connectivity index (χ2n) is 4.74. The minimum Gasteiger partial charge on any atom is -0.305 e. The molecule has 0 saturated heterocycles. The average molecular weight is 331 g/mol. The van der Waals surface area contributed by atoms with Crippen LogP contribution in [0.5, 0.6) is 0 Å². The molecule has 6 heteroatoms. The fourth-order valence-electron chi connectivity index (χ4n) is 1.87. The van der Waals surface area contributed by atoms with Crippen LogP contribution in [0, 0.1) is 6.92 Å². The van der Waals surface area contributed by atoms with Crippen LogP contribution in [0.2, 0.25) is 0 Å². The van der Waals surface area contributed by atoms with E-state index >= 15 is 0 Å². The van der Waals surface area contributed by atoms with Crippen molar-refractivity contribution in [2.45, 2.75) is 36.8 Å². The third-order valence-corrected chi connectivity index (χ3v) is 4.88. The number of hydrogen-bond acceptors (Lipinski definition) is 3. The maximum Gasteiger partial charge on any atom is 0.446 e. The maximum atomic E-state index is 12.2. The molecule has 2 rings (SSSR count). The minimum absolute atomic E-state index is 0.0853. The molecule has 0 fully saturated rings. The second-order valence-corrected chi connectivity index (χ2v) is 7.20. The van der Waals surface area contributed by atoms with Crippen molar-refractivity contribution in [3.05, 3.63) is 51.7 Å². The van der Waals surface area contributed by atoms with Gasteiger partial charge in [0.25, 0.3) is 0 Å². The van der Waals surface area contributed by atoms with Gasteiger partial charge in [0, 0.05) is 27.2 Å². The van der Waals surface area contributed by atoms with Gasteiger partial charge < -0.3 is 5.32 Å². The molecule has 0 spiro atoms. The number of thiophene rings is 1. The number of benzene rings is 1. The Hall–Kier alpha value is -0.980. The van der Waals surface area contributed by atoms with E-state index in [-0.39, 0.29) is 22.7 Å². The van der Waals surface area contributed by atoms with Gasteiger partial charge in [-0.15, -0.1) is 11.3 Å². The summed E-state index contributed by atoms with van der Waals surface area (Å²) in [5.41, 5.74) is -3.26. The molecule has 0 saturated carbocycles.